The Labute approximate surface area is 629 Å². The molecule has 106 heavy (non-hydrogen) atoms. The SMILES string of the molecule is C.C.C.COc1ccc(C(CC(=O)OC(C)(C)C)N(CC(C)OC)C(=O)NCCCc2ccc3c(n2)CCCC3)cn1.COc1ccc(C(CC(=O)OC(C)(C)C)NCC(C)OC)cn1.COc1ccc(C(CC(=O)OC(C)(C)C)n2ccn(CCCc3ccc4c(n3)CCCC4)c2=O)cn1.O=S(=O)(O)O. The number of amides is 2. The molecular formula is C78H122N10O17S. The summed E-state index contributed by atoms with van der Waals surface area (Å²) in [5.41, 5.74) is 7.76. The first-order valence-electron chi connectivity index (χ1n) is 35.0. The second-order valence-corrected chi connectivity index (χ2v) is 29.2. The molecule has 28 heteroatoms. The van der Waals surface area contributed by atoms with Gasteiger partial charge in [0, 0.05) is 118 Å². The quantitative estimate of drug-likeness (QED) is 0.0147. The molecule has 27 nitrogen and oxygen atoms in total. The molecule has 6 heterocycles. The van der Waals surface area contributed by atoms with Crippen LogP contribution in [0.15, 0.2) is 96.4 Å². The molecule has 0 aromatic carbocycles. The molecular weight excluding hydrogens is 1380 g/mol. The predicted molar refractivity (Wildman–Crippen MR) is 410 cm³/mol. The number of rotatable bonds is 29. The molecule has 2 aliphatic carbocycles. The Balaban J connectivity index is 0.000000530. The van der Waals surface area contributed by atoms with Crippen LogP contribution in [0.4, 0.5) is 4.79 Å². The molecule has 0 spiro atoms. The van der Waals surface area contributed by atoms with Gasteiger partial charge in [0.2, 0.25) is 17.6 Å². The molecule has 0 saturated heterocycles. The van der Waals surface area contributed by atoms with E-state index in [1.54, 1.807) is 98.8 Å². The average molecular weight is 1500 g/mol. The number of nitrogens with one attached hydrogen (secondary N) is 2. The summed E-state index contributed by atoms with van der Waals surface area (Å²) < 4.78 is 77.6. The fraction of sp³-hybridized carbons (Fsp3) is 0.590. The van der Waals surface area contributed by atoms with Gasteiger partial charge in [-0.25, -0.2) is 24.5 Å². The normalized spacial score (nSPS) is 13.8. The summed E-state index contributed by atoms with van der Waals surface area (Å²) in [6, 6.07) is 17.8. The topological polar surface area (TPSA) is 335 Å². The van der Waals surface area contributed by atoms with Gasteiger partial charge in [0.25, 0.3) is 0 Å². The van der Waals surface area contributed by atoms with Crippen molar-refractivity contribution in [2.75, 3.05) is 55.2 Å². The summed E-state index contributed by atoms with van der Waals surface area (Å²) in [6.45, 7) is 22.3. The number of pyridine rings is 5. The van der Waals surface area contributed by atoms with Crippen LogP contribution in [-0.2, 0) is 93.5 Å². The van der Waals surface area contributed by atoms with Crippen molar-refractivity contribution in [2.24, 2.45) is 0 Å². The molecule has 0 aliphatic heterocycles. The van der Waals surface area contributed by atoms with E-state index >= 15 is 0 Å². The number of aromatic nitrogens is 7. The van der Waals surface area contributed by atoms with Crippen molar-refractivity contribution < 1.29 is 74.6 Å². The zero-order chi connectivity index (χ0) is 76.1. The van der Waals surface area contributed by atoms with Gasteiger partial charge in [0.15, 0.2) is 0 Å². The lowest BCUT2D eigenvalue weighted by Gasteiger charge is -2.34. The zero-order valence-corrected chi connectivity index (χ0v) is 63.8. The number of imidazole rings is 1. The zero-order valence-electron chi connectivity index (χ0n) is 63.0. The summed E-state index contributed by atoms with van der Waals surface area (Å²) >= 11 is 0. The van der Waals surface area contributed by atoms with E-state index < -0.39 is 45.3 Å². The van der Waals surface area contributed by atoms with Gasteiger partial charge in [-0.2, -0.15) is 8.42 Å². The van der Waals surface area contributed by atoms with Gasteiger partial charge in [0.05, 0.1) is 64.9 Å². The minimum Gasteiger partial charge on any atom is -0.481 e. The van der Waals surface area contributed by atoms with Crippen molar-refractivity contribution >= 4 is 34.3 Å². The highest BCUT2D eigenvalue weighted by atomic mass is 32.3. The van der Waals surface area contributed by atoms with Gasteiger partial charge in [0.1, 0.15) is 16.8 Å². The van der Waals surface area contributed by atoms with Crippen LogP contribution in [0.2, 0.25) is 0 Å². The van der Waals surface area contributed by atoms with Crippen LogP contribution in [0, 0.1) is 0 Å². The lowest BCUT2D eigenvalue weighted by atomic mass is 9.95. The second kappa shape index (κ2) is 45.3. The fourth-order valence-electron chi connectivity index (χ4n) is 11.3. The van der Waals surface area contributed by atoms with Gasteiger partial charge in [-0.15, -0.1) is 0 Å². The second-order valence-electron chi connectivity index (χ2n) is 28.3. The van der Waals surface area contributed by atoms with E-state index in [0.717, 1.165) is 73.9 Å². The molecule has 8 rings (SSSR count). The Kier molecular flexibility index (Phi) is 40.0. The van der Waals surface area contributed by atoms with Crippen LogP contribution in [0.25, 0.3) is 0 Å². The number of fused-ring (bicyclic) bond motifs is 2. The van der Waals surface area contributed by atoms with E-state index in [0.29, 0.717) is 42.8 Å². The van der Waals surface area contributed by atoms with Crippen molar-refractivity contribution in [3.05, 3.63) is 153 Å². The van der Waals surface area contributed by atoms with Crippen molar-refractivity contribution in [2.45, 2.75) is 248 Å². The maximum Gasteiger partial charge on any atom is 0.394 e. The highest BCUT2D eigenvalue weighted by Gasteiger charge is 2.32. The van der Waals surface area contributed by atoms with E-state index in [1.807, 2.05) is 94.4 Å². The number of carbonyl (C=O) groups excluding carboxylic acids is 4. The minimum atomic E-state index is -4.67. The van der Waals surface area contributed by atoms with Crippen molar-refractivity contribution in [3.8, 4) is 17.6 Å². The van der Waals surface area contributed by atoms with Crippen LogP contribution in [0.3, 0.4) is 0 Å². The molecule has 0 radical (unpaired) electrons. The van der Waals surface area contributed by atoms with Crippen molar-refractivity contribution in [1.82, 2.24) is 49.6 Å². The summed E-state index contributed by atoms with van der Waals surface area (Å²) in [5.74, 6) is 0.430. The van der Waals surface area contributed by atoms with Gasteiger partial charge < -0.3 is 53.4 Å². The van der Waals surface area contributed by atoms with E-state index in [4.69, 9.17) is 65.4 Å². The van der Waals surface area contributed by atoms with Crippen LogP contribution in [-0.4, -0.2) is 165 Å². The highest BCUT2D eigenvalue weighted by molar-refractivity contribution is 7.79. The smallest absolute Gasteiger partial charge is 0.394 e. The maximum absolute atomic E-state index is 13.5. The monoisotopic (exact) mass is 1500 g/mol. The minimum absolute atomic E-state index is 0. The molecule has 2 aliphatic rings. The molecule has 592 valence electrons. The van der Waals surface area contributed by atoms with Crippen molar-refractivity contribution in [1.29, 1.82) is 0 Å². The molecule has 5 unspecified atom stereocenters. The third-order valence-corrected chi connectivity index (χ3v) is 16.4. The summed E-state index contributed by atoms with van der Waals surface area (Å²) in [6.07, 6.45) is 20.9. The van der Waals surface area contributed by atoms with Gasteiger partial charge in [-0.3, -0.25) is 42.6 Å². The van der Waals surface area contributed by atoms with E-state index in [-0.39, 0.29) is 90.0 Å². The number of hydrogen-bond donors (Lipinski definition) is 4. The molecule has 0 bridgehead atoms. The molecule has 2 amide bonds. The number of esters is 3. The van der Waals surface area contributed by atoms with Crippen LogP contribution in [0.5, 0.6) is 17.6 Å². The van der Waals surface area contributed by atoms with E-state index in [1.165, 1.54) is 48.2 Å². The lowest BCUT2D eigenvalue weighted by molar-refractivity contribution is -0.157. The Morgan fingerprint density at radius 3 is 1.44 bits per heavy atom. The molecule has 6 aromatic rings. The third-order valence-electron chi connectivity index (χ3n) is 16.4. The standard InChI is InChI=1S/C30H44N4O5.C28H36N4O4.C17H28N2O4.3CH4.H2O4S/c1-21(37-5)20-34(26(18-28(35)39-30(2,3)4)23-14-16-27(38-6)32-19-23)29(36)31-17-9-11-24-15-13-22-10-7-8-12-25(22)33-24;1-28(2,3)36-26(33)18-24(21-12-14-25(35-4)29-19-21)32-17-16-31(27(32)34)15-7-9-22-13-11-20-8-5-6-10-23(20)30-22;1-12(21-5)10-18-14(9-16(20)23-17(2,3)4)13-7-8-15(22-6)19-11-13;;;;1-5(2,3)4/h13-16,19,21,26H,7-12,17-18,20H2,1-6H3,(H,31,36);11-14,16-17,19,24H,5-10,15,18H2,1-4H3;7-8,11-12,14,18H,9-10H2,1-6H3;3*1H4;(H2,1,2,3,4). The summed E-state index contributed by atoms with van der Waals surface area (Å²) in [5, 5.41) is 6.38. The van der Waals surface area contributed by atoms with E-state index in [2.05, 4.69) is 49.9 Å². The van der Waals surface area contributed by atoms with Crippen LogP contribution in [0.1, 0.15) is 225 Å². The number of methoxy groups -OCH3 is 5. The first kappa shape index (κ1) is 93.7. The molecule has 5 atom stereocenters. The average Bonchev–Trinajstić information content (AvgIpc) is 1.67. The predicted octanol–water partition coefficient (Wildman–Crippen LogP) is 12.8. The summed E-state index contributed by atoms with van der Waals surface area (Å²) in [7, 11) is 3.25. The van der Waals surface area contributed by atoms with Crippen molar-refractivity contribution in [3.63, 3.8) is 0 Å². The Morgan fingerprint density at radius 2 is 1.00 bits per heavy atom. The Morgan fingerprint density at radius 1 is 0.566 bits per heavy atom. The third kappa shape index (κ3) is 34.4. The molecule has 4 N–H and O–H groups in total. The number of aryl methyl sites for hydroxylation is 7. The highest BCUT2D eigenvalue weighted by Crippen LogP contribution is 2.30. The molecule has 6 aromatic heterocycles. The van der Waals surface area contributed by atoms with Gasteiger partial charge in [-0.1, -0.05) is 52.6 Å². The lowest BCUT2D eigenvalue weighted by Crippen LogP contribution is -2.46. The largest absolute Gasteiger partial charge is 0.481 e. The first-order chi connectivity index (χ1) is 48.6. The molecule has 0 saturated carbocycles. The fourth-order valence-corrected chi connectivity index (χ4v) is 11.3. The first-order valence-corrected chi connectivity index (χ1v) is 36.4. The Hall–Kier alpha value is -8.41. The van der Waals surface area contributed by atoms with E-state index in [9.17, 15) is 24.0 Å². The number of ether oxygens (including phenoxy) is 8. The maximum atomic E-state index is 13.5. The number of hydrogen-bond acceptors (Lipinski definition) is 21. The van der Waals surface area contributed by atoms with Gasteiger partial charge >= 0.3 is 40.0 Å². The van der Waals surface area contributed by atoms with Crippen LogP contribution >= 0.6 is 0 Å². The van der Waals surface area contributed by atoms with Crippen LogP contribution < -0.4 is 30.5 Å². The summed E-state index contributed by atoms with van der Waals surface area (Å²) in [4.78, 5) is 88.7. The number of urea groups is 1. The van der Waals surface area contributed by atoms with Gasteiger partial charge in [-0.05, 0) is 193 Å². The Bertz CT molecular complexity index is 3770. The molecule has 0 fully saturated rings. The number of carbonyl (C=O) groups is 4. The number of nitrogens with zero attached hydrogens (tertiary/aromatic N) is 8.